The van der Waals surface area contributed by atoms with E-state index in [4.69, 9.17) is 32.7 Å². The van der Waals surface area contributed by atoms with Gasteiger partial charge in [0.15, 0.2) is 11.5 Å². The first-order valence-electron chi connectivity index (χ1n) is 10.2. The van der Waals surface area contributed by atoms with Crippen molar-refractivity contribution in [2.45, 2.75) is 64.6 Å². The van der Waals surface area contributed by atoms with Crippen LogP contribution >= 0.6 is 23.2 Å². The van der Waals surface area contributed by atoms with Gasteiger partial charge in [0.25, 0.3) is 0 Å². The average molecular weight is 422 g/mol. The summed E-state index contributed by atoms with van der Waals surface area (Å²) >= 11 is 12.1. The molecule has 1 fully saturated rings. The van der Waals surface area contributed by atoms with Crippen LogP contribution in [0.15, 0.2) is 36.4 Å². The maximum absolute atomic E-state index is 6.09. The molecule has 3 nitrogen and oxygen atoms in total. The van der Waals surface area contributed by atoms with Gasteiger partial charge in [0.1, 0.15) is 6.61 Å². The van der Waals surface area contributed by atoms with Crippen LogP contribution in [0.25, 0.3) is 0 Å². The first-order valence-corrected chi connectivity index (χ1v) is 11.0. The number of nitrogens with one attached hydrogen (secondary N) is 1. The molecule has 0 aromatic heterocycles. The first kappa shape index (κ1) is 21.3. The lowest BCUT2D eigenvalue weighted by molar-refractivity contribution is 0.269. The topological polar surface area (TPSA) is 30.5 Å². The van der Waals surface area contributed by atoms with Crippen molar-refractivity contribution in [3.05, 3.63) is 57.6 Å². The molecule has 1 aliphatic carbocycles. The molecule has 0 amide bonds. The highest BCUT2D eigenvalue weighted by molar-refractivity contribution is 6.42. The molecule has 1 saturated carbocycles. The van der Waals surface area contributed by atoms with Crippen molar-refractivity contribution in [2.24, 2.45) is 0 Å². The summed E-state index contributed by atoms with van der Waals surface area (Å²) in [4.78, 5) is 0. The molecule has 0 unspecified atom stereocenters. The largest absolute Gasteiger partial charge is 0.490 e. The van der Waals surface area contributed by atoms with Gasteiger partial charge >= 0.3 is 0 Å². The molecule has 152 valence electrons. The third-order valence-corrected chi connectivity index (χ3v) is 5.88. The van der Waals surface area contributed by atoms with Crippen molar-refractivity contribution >= 4 is 23.2 Å². The maximum Gasteiger partial charge on any atom is 0.161 e. The minimum atomic E-state index is 0.413. The molecule has 0 atom stereocenters. The predicted octanol–water partition coefficient (Wildman–Crippen LogP) is 6.78. The van der Waals surface area contributed by atoms with E-state index in [0.29, 0.717) is 29.3 Å². The fourth-order valence-electron chi connectivity index (χ4n) is 3.59. The lowest BCUT2D eigenvalue weighted by Crippen LogP contribution is -2.27. The van der Waals surface area contributed by atoms with Crippen LogP contribution in [-0.2, 0) is 13.2 Å². The van der Waals surface area contributed by atoms with Crippen molar-refractivity contribution in [1.29, 1.82) is 0 Å². The molecular weight excluding hydrogens is 393 g/mol. The van der Waals surface area contributed by atoms with Crippen LogP contribution in [-0.4, -0.2) is 12.6 Å². The Morgan fingerprint density at radius 3 is 2.32 bits per heavy atom. The first-order chi connectivity index (χ1) is 13.7. The Morgan fingerprint density at radius 2 is 1.61 bits per heavy atom. The van der Waals surface area contributed by atoms with Crippen LogP contribution < -0.4 is 14.8 Å². The second-order valence-corrected chi connectivity index (χ2v) is 8.14. The van der Waals surface area contributed by atoms with Gasteiger partial charge in [-0.3, -0.25) is 0 Å². The van der Waals surface area contributed by atoms with Gasteiger partial charge in [-0.2, -0.15) is 0 Å². The molecule has 0 spiro atoms. The zero-order valence-corrected chi connectivity index (χ0v) is 18.0. The lowest BCUT2D eigenvalue weighted by atomic mass is 10.1. The minimum absolute atomic E-state index is 0.413. The molecule has 2 aromatic carbocycles. The number of ether oxygens (including phenoxy) is 2. The Kier molecular flexibility index (Phi) is 8.32. The monoisotopic (exact) mass is 421 g/mol. The second kappa shape index (κ2) is 10.9. The summed E-state index contributed by atoms with van der Waals surface area (Å²) in [6, 6.07) is 12.3. The second-order valence-electron chi connectivity index (χ2n) is 7.32. The van der Waals surface area contributed by atoms with Gasteiger partial charge in [0, 0.05) is 12.6 Å². The summed E-state index contributed by atoms with van der Waals surface area (Å²) < 4.78 is 11.8. The third kappa shape index (κ3) is 6.30. The van der Waals surface area contributed by atoms with Crippen LogP contribution in [0.4, 0.5) is 0 Å². The van der Waals surface area contributed by atoms with E-state index in [-0.39, 0.29) is 0 Å². The van der Waals surface area contributed by atoms with Crippen LogP contribution in [0, 0.1) is 0 Å². The predicted molar refractivity (Wildman–Crippen MR) is 117 cm³/mol. The SMILES string of the molecule is CCOc1cc(CNC2CCCCCC2)ccc1OCc1ccc(Cl)c(Cl)c1. The number of halogens is 2. The Balaban J connectivity index is 1.61. The highest BCUT2D eigenvalue weighted by Gasteiger charge is 2.13. The standard InChI is InChI=1S/C23H29Cl2NO2/c1-2-27-23-14-17(15-26-19-7-5-3-4-6-8-19)10-12-22(23)28-16-18-9-11-20(24)21(25)13-18/h9-14,19,26H,2-8,15-16H2,1H3. The molecule has 28 heavy (non-hydrogen) atoms. The van der Waals surface area contributed by atoms with Crippen molar-refractivity contribution in [3.8, 4) is 11.5 Å². The molecule has 0 aliphatic heterocycles. The summed E-state index contributed by atoms with van der Waals surface area (Å²) in [6.07, 6.45) is 7.98. The molecular formula is C23H29Cl2NO2. The van der Waals surface area contributed by atoms with E-state index in [0.717, 1.165) is 23.6 Å². The highest BCUT2D eigenvalue weighted by atomic mass is 35.5. The molecule has 3 rings (SSSR count). The van der Waals surface area contributed by atoms with Gasteiger partial charge in [0.2, 0.25) is 0 Å². The number of hydrogen-bond donors (Lipinski definition) is 1. The fourth-order valence-corrected chi connectivity index (χ4v) is 3.91. The van der Waals surface area contributed by atoms with E-state index in [9.17, 15) is 0 Å². The normalized spacial score (nSPS) is 15.2. The van der Waals surface area contributed by atoms with Gasteiger partial charge in [0.05, 0.1) is 16.7 Å². The molecule has 1 aliphatic rings. The summed E-state index contributed by atoms with van der Waals surface area (Å²) in [5.41, 5.74) is 2.19. The Labute approximate surface area is 178 Å². The molecule has 0 saturated heterocycles. The van der Waals surface area contributed by atoms with E-state index < -0.39 is 0 Å². The highest BCUT2D eigenvalue weighted by Crippen LogP contribution is 2.30. The Morgan fingerprint density at radius 1 is 0.857 bits per heavy atom. The average Bonchev–Trinajstić information content (AvgIpc) is 2.97. The van der Waals surface area contributed by atoms with Crippen LogP contribution in [0.1, 0.15) is 56.6 Å². The van der Waals surface area contributed by atoms with Crippen molar-refractivity contribution in [1.82, 2.24) is 5.32 Å². The van der Waals surface area contributed by atoms with Crippen molar-refractivity contribution in [3.63, 3.8) is 0 Å². The van der Waals surface area contributed by atoms with E-state index in [2.05, 4.69) is 17.4 Å². The van der Waals surface area contributed by atoms with Gasteiger partial charge in [-0.15, -0.1) is 0 Å². The molecule has 2 aromatic rings. The third-order valence-electron chi connectivity index (χ3n) is 5.14. The van der Waals surface area contributed by atoms with E-state index in [1.165, 1.54) is 44.1 Å². The number of rotatable bonds is 8. The fraction of sp³-hybridized carbons (Fsp3) is 0.478. The molecule has 0 heterocycles. The molecule has 5 heteroatoms. The van der Waals surface area contributed by atoms with Crippen molar-refractivity contribution in [2.75, 3.05) is 6.61 Å². The van der Waals surface area contributed by atoms with E-state index >= 15 is 0 Å². The Bertz CT molecular complexity index is 758. The van der Waals surface area contributed by atoms with Gasteiger partial charge < -0.3 is 14.8 Å². The van der Waals surface area contributed by atoms with Crippen LogP contribution in [0.5, 0.6) is 11.5 Å². The van der Waals surface area contributed by atoms with E-state index in [1.54, 1.807) is 6.07 Å². The zero-order valence-electron chi connectivity index (χ0n) is 16.5. The summed E-state index contributed by atoms with van der Waals surface area (Å²) in [6.45, 7) is 3.86. The lowest BCUT2D eigenvalue weighted by Gasteiger charge is -2.18. The Hall–Kier alpha value is -1.42. The quantitative estimate of drug-likeness (QED) is 0.476. The van der Waals surface area contributed by atoms with Crippen LogP contribution in [0.3, 0.4) is 0 Å². The van der Waals surface area contributed by atoms with Gasteiger partial charge in [-0.25, -0.2) is 0 Å². The van der Waals surface area contributed by atoms with Gasteiger partial charge in [-0.05, 0) is 55.2 Å². The van der Waals surface area contributed by atoms with Crippen molar-refractivity contribution < 1.29 is 9.47 Å². The summed E-state index contributed by atoms with van der Waals surface area (Å²) in [5, 5.41) is 4.79. The molecule has 1 N–H and O–H groups in total. The smallest absolute Gasteiger partial charge is 0.161 e. The number of hydrogen-bond acceptors (Lipinski definition) is 3. The van der Waals surface area contributed by atoms with E-state index in [1.807, 2.05) is 25.1 Å². The van der Waals surface area contributed by atoms with Gasteiger partial charge in [-0.1, -0.05) is 61.0 Å². The molecule has 0 bridgehead atoms. The summed E-state index contributed by atoms with van der Waals surface area (Å²) in [7, 11) is 0. The molecule has 0 radical (unpaired) electrons. The number of benzene rings is 2. The maximum atomic E-state index is 6.09. The zero-order chi connectivity index (χ0) is 19.8. The minimum Gasteiger partial charge on any atom is -0.490 e. The van der Waals surface area contributed by atoms with Crippen LogP contribution in [0.2, 0.25) is 10.0 Å². The summed E-state index contributed by atoms with van der Waals surface area (Å²) in [5.74, 6) is 1.52.